The van der Waals surface area contributed by atoms with E-state index in [1.54, 1.807) is 11.0 Å². The highest BCUT2D eigenvalue weighted by molar-refractivity contribution is 6.17. The summed E-state index contributed by atoms with van der Waals surface area (Å²) in [5.41, 5.74) is 2.17. The molecule has 0 unspecified atom stereocenters. The Morgan fingerprint density at radius 3 is 2.43 bits per heavy atom. The van der Waals surface area contributed by atoms with E-state index in [9.17, 15) is 9.59 Å². The topological polar surface area (TPSA) is 55.8 Å². The van der Waals surface area contributed by atoms with Crippen LogP contribution < -0.4 is 0 Å². The van der Waals surface area contributed by atoms with Crippen LogP contribution in [0.2, 0.25) is 0 Å². The highest BCUT2D eigenvalue weighted by Crippen LogP contribution is 2.20. The van der Waals surface area contributed by atoms with E-state index in [2.05, 4.69) is 0 Å². The summed E-state index contributed by atoms with van der Waals surface area (Å²) >= 11 is 5.42. The molecule has 1 aliphatic rings. The van der Waals surface area contributed by atoms with Crippen molar-refractivity contribution in [2.24, 2.45) is 0 Å². The summed E-state index contributed by atoms with van der Waals surface area (Å²) in [5, 5.41) is 0. The molecule has 1 amide bonds. The Labute approximate surface area is 141 Å². The quantitative estimate of drug-likeness (QED) is 0.612. The molecule has 1 heterocycles. The number of nitrogens with zero attached hydrogens (tertiary/aromatic N) is 1. The molecular weight excluding hydrogens is 318 g/mol. The normalized spacial score (nSPS) is 14.7. The maximum absolute atomic E-state index is 12.2. The van der Waals surface area contributed by atoms with Crippen LogP contribution >= 0.6 is 11.6 Å². The summed E-state index contributed by atoms with van der Waals surface area (Å²) in [6, 6.07) is 5.31. The van der Waals surface area contributed by atoms with E-state index >= 15 is 0 Å². The van der Waals surface area contributed by atoms with Gasteiger partial charge in [-0.2, -0.15) is 0 Å². The summed E-state index contributed by atoms with van der Waals surface area (Å²) in [7, 11) is 0. The number of carbonyl (C=O) groups is 2. The van der Waals surface area contributed by atoms with Crippen molar-refractivity contribution in [1.82, 2.24) is 4.90 Å². The van der Waals surface area contributed by atoms with Gasteiger partial charge in [-0.3, -0.25) is 0 Å². The number of hydrogen-bond acceptors (Lipinski definition) is 4. The number of amides is 1. The van der Waals surface area contributed by atoms with Crippen LogP contribution in [0, 0.1) is 0 Å². The molecule has 5 nitrogen and oxygen atoms in total. The van der Waals surface area contributed by atoms with Crippen LogP contribution in [0.15, 0.2) is 18.2 Å². The van der Waals surface area contributed by atoms with Crippen molar-refractivity contribution in [2.45, 2.75) is 39.2 Å². The molecule has 0 bridgehead atoms. The van der Waals surface area contributed by atoms with Crippen molar-refractivity contribution in [3.8, 4) is 0 Å². The smallest absolute Gasteiger partial charge is 0.410 e. The van der Waals surface area contributed by atoms with Crippen LogP contribution in [0.1, 0.15) is 42.3 Å². The van der Waals surface area contributed by atoms with E-state index in [-0.39, 0.29) is 12.2 Å². The number of halogens is 1. The van der Waals surface area contributed by atoms with Crippen molar-refractivity contribution < 1.29 is 19.1 Å². The summed E-state index contributed by atoms with van der Waals surface area (Å²) in [6.07, 6.45) is 1.11. The zero-order chi connectivity index (χ0) is 17.0. The predicted octanol–water partition coefficient (Wildman–Crippen LogP) is 3.38. The highest BCUT2D eigenvalue weighted by Gasteiger charge is 2.24. The van der Waals surface area contributed by atoms with Gasteiger partial charge in [0.15, 0.2) is 6.07 Å². The number of fused-ring (bicyclic) bond motifs is 1. The largest absolute Gasteiger partial charge is 0.446 e. The Bertz CT molecular complexity index is 595. The minimum absolute atomic E-state index is 0.164. The first-order valence-electron chi connectivity index (χ1n) is 7.63. The zero-order valence-corrected chi connectivity index (χ0v) is 14.5. The third-order valence-corrected chi connectivity index (χ3v) is 3.69. The van der Waals surface area contributed by atoms with E-state index < -0.39 is 11.6 Å². The Morgan fingerprint density at radius 2 is 1.83 bits per heavy atom. The summed E-state index contributed by atoms with van der Waals surface area (Å²) in [4.78, 5) is 25.7. The Balaban J connectivity index is 2.08. The maximum atomic E-state index is 12.2. The van der Waals surface area contributed by atoms with Crippen LogP contribution in [0.5, 0.6) is 0 Å². The van der Waals surface area contributed by atoms with Crippen LogP contribution in [0.4, 0.5) is 4.79 Å². The molecule has 0 saturated heterocycles. The van der Waals surface area contributed by atoms with E-state index in [0.29, 0.717) is 25.1 Å². The average molecular weight is 340 g/mol. The van der Waals surface area contributed by atoms with E-state index in [1.165, 1.54) is 0 Å². The molecule has 0 saturated carbocycles. The number of rotatable bonds is 2. The third kappa shape index (κ3) is 4.86. The van der Waals surface area contributed by atoms with Crippen molar-refractivity contribution in [2.75, 3.05) is 19.2 Å². The molecule has 126 valence electrons. The lowest BCUT2D eigenvalue weighted by molar-refractivity contribution is 0.0258. The van der Waals surface area contributed by atoms with Gasteiger partial charge in [-0.1, -0.05) is 17.7 Å². The van der Waals surface area contributed by atoms with E-state index in [0.717, 1.165) is 17.5 Å². The molecule has 0 aromatic heterocycles. The Hall–Kier alpha value is -1.75. The van der Waals surface area contributed by atoms with Gasteiger partial charge in [-0.05, 0) is 56.9 Å². The summed E-state index contributed by atoms with van der Waals surface area (Å²) < 4.78 is 10.2. The molecule has 0 aliphatic carbocycles. The SMILES string of the molecule is CC(C)(C)OC(=O)N1CCc2ccc(C(=O)OCCl)cc2CC1. The lowest BCUT2D eigenvalue weighted by Gasteiger charge is -2.26. The molecule has 6 heteroatoms. The van der Waals surface area contributed by atoms with Gasteiger partial charge < -0.3 is 14.4 Å². The minimum atomic E-state index is -0.505. The average Bonchev–Trinajstić information content (AvgIpc) is 2.67. The molecule has 1 aromatic carbocycles. The second-order valence-electron chi connectivity index (χ2n) is 6.49. The van der Waals surface area contributed by atoms with Crippen molar-refractivity contribution >= 4 is 23.7 Å². The van der Waals surface area contributed by atoms with Gasteiger partial charge in [0.25, 0.3) is 0 Å². The second-order valence-corrected chi connectivity index (χ2v) is 6.71. The molecule has 1 aliphatic heterocycles. The second kappa shape index (κ2) is 7.21. The first-order chi connectivity index (χ1) is 10.8. The minimum Gasteiger partial charge on any atom is -0.446 e. The molecule has 0 N–H and O–H groups in total. The number of benzene rings is 1. The standard InChI is InChI=1S/C17H22ClNO4/c1-17(2,3)23-16(21)19-8-6-12-4-5-14(15(20)22-11-18)10-13(12)7-9-19/h4-5,10H,6-9,11H2,1-3H3. The lowest BCUT2D eigenvalue weighted by atomic mass is 10.0. The predicted molar refractivity (Wildman–Crippen MR) is 87.8 cm³/mol. The van der Waals surface area contributed by atoms with Gasteiger partial charge in [-0.25, -0.2) is 9.59 Å². The van der Waals surface area contributed by atoms with Gasteiger partial charge in [0.2, 0.25) is 0 Å². The van der Waals surface area contributed by atoms with Crippen LogP contribution in [0.25, 0.3) is 0 Å². The first-order valence-corrected chi connectivity index (χ1v) is 8.16. The fourth-order valence-corrected chi connectivity index (χ4v) is 2.59. The summed E-state index contributed by atoms with van der Waals surface area (Å²) in [6.45, 7) is 6.73. The van der Waals surface area contributed by atoms with Gasteiger partial charge >= 0.3 is 12.1 Å². The van der Waals surface area contributed by atoms with Crippen molar-refractivity contribution in [3.63, 3.8) is 0 Å². The number of hydrogen-bond donors (Lipinski definition) is 0. The molecule has 2 rings (SSSR count). The number of carbonyl (C=O) groups excluding carboxylic acids is 2. The fourth-order valence-electron chi connectivity index (χ4n) is 2.49. The Morgan fingerprint density at radius 1 is 1.17 bits per heavy atom. The van der Waals surface area contributed by atoms with Gasteiger partial charge in [0, 0.05) is 13.1 Å². The molecule has 0 spiro atoms. The lowest BCUT2D eigenvalue weighted by Crippen LogP contribution is -2.38. The van der Waals surface area contributed by atoms with Gasteiger partial charge in [-0.15, -0.1) is 0 Å². The summed E-state index contributed by atoms with van der Waals surface area (Å²) in [5.74, 6) is -0.434. The molecular formula is C17H22ClNO4. The van der Waals surface area contributed by atoms with Crippen LogP contribution in [-0.4, -0.2) is 41.7 Å². The van der Waals surface area contributed by atoms with Gasteiger partial charge in [0.05, 0.1) is 5.56 Å². The highest BCUT2D eigenvalue weighted by atomic mass is 35.5. The van der Waals surface area contributed by atoms with E-state index in [1.807, 2.05) is 32.9 Å². The fraction of sp³-hybridized carbons (Fsp3) is 0.529. The molecule has 23 heavy (non-hydrogen) atoms. The molecule has 1 aromatic rings. The van der Waals surface area contributed by atoms with Crippen LogP contribution in [0.3, 0.4) is 0 Å². The first kappa shape index (κ1) is 17.6. The van der Waals surface area contributed by atoms with Crippen molar-refractivity contribution in [1.29, 1.82) is 0 Å². The Kier molecular flexibility index (Phi) is 5.52. The maximum Gasteiger partial charge on any atom is 0.410 e. The van der Waals surface area contributed by atoms with Crippen LogP contribution in [-0.2, 0) is 22.3 Å². The van der Waals surface area contributed by atoms with Gasteiger partial charge in [0.1, 0.15) is 5.60 Å². The molecule has 0 radical (unpaired) electrons. The number of alkyl halides is 1. The monoisotopic (exact) mass is 339 g/mol. The van der Waals surface area contributed by atoms with E-state index in [4.69, 9.17) is 21.1 Å². The third-order valence-electron chi connectivity index (χ3n) is 3.58. The number of ether oxygens (including phenoxy) is 2. The molecule has 0 atom stereocenters. The molecule has 0 fully saturated rings. The zero-order valence-electron chi connectivity index (χ0n) is 13.7. The number of esters is 1. The van der Waals surface area contributed by atoms with Crippen molar-refractivity contribution in [3.05, 3.63) is 34.9 Å².